The summed E-state index contributed by atoms with van der Waals surface area (Å²) < 4.78 is 26.2. The van der Waals surface area contributed by atoms with E-state index in [1.807, 2.05) is 24.3 Å². The molecule has 0 unspecified atom stereocenters. The van der Waals surface area contributed by atoms with E-state index in [0.29, 0.717) is 13.1 Å². The topological polar surface area (TPSA) is 64.7 Å². The highest BCUT2D eigenvalue weighted by Gasteiger charge is 2.20. The second-order valence-electron chi connectivity index (χ2n) is 7.60. The molecule has 0 bridgehead atoms. The molecule has 1 aliphatic heterocycles. The van der Waals surface area contributed by atoms with Crippen LogP contribution in [0.1, 0.15) is 18.9 Å². The van der Waals surface area contributed by atoms with Gasteiger partial charge in [0, 0.05) is 56.6 Å². The maximum atomic E-state index is 13.2. The van der Waals surface area contributed by atoms with Gasteiger partial charge in [0.05, 0.1) is 6.54 Å². The molecular weight excluding hydrogens is 402 g/mol. The smallest absolute Gasteiger partial charge is 0.238 e. The zero-order valence-electron chi connectivity index (χ0n) is 17.7. The lowest BCUT2D eigenvalue weighted by molar-refractivity contribution is -0.117. The van der Waals surface area contributed by atoms with Gasteiger partial charge in [0.1, 0.15) is 0 Å². The van der Waals surface area contributed by atoms with E-state index < -0.39 is 11.6 Å². The molecule has 2 amide bonds. The summed E-state index contributed by atoms with van der Waals surface area (Å²) in [5, 5.41) is 5.57. The Balaban J connectivity index is 1.37. The lowest BCUT2D eigenvalue weighted by Gasteiger charge is -2.34. The van der Waals surface area contributed by atoms with Gasteiger partial charge in [-0.1, -0.05) is 25.1 Å². The quantitative estimate of drug-likeness (QED) is 0.676. The Morgan fingerprint density at radius 1 is 0.903 bits per heavy atom. The summed E-state index contributed by atoms with van der Waals surface area (Å²) in [6.45, 7) is 5.97. The van der Waals surface area contributed by atoms with E-state index in [2.05, 4.69) is 27.4 Å². The molecule has 0 radical (unpaired) electrons. The fourth-order valence-electron chi connectivity index (χ4n) is 3.57. The third-order valence-electron chi connectivity index (χ3n) is 5.36. The number of hydrogen-bond donors (Lipinski definition) is 2. The Morgan fingerprint density at radius 2 is 1.61 bits per heavy atom. The van der Waals surface area contributed by atoms with E-state index in [0.717, 1.165) is 56.0 Å². The number of nitrogens with zero attached hydrogens (tertiary/aromatic N) is 2. The molecule has 3 rings (SSSR count). The summed E-state index contributed by atoms with van der Waals surface area (Å²) >= 11 is 0. The van der Waals surface area contributed by atoms with E-state index in [-0.39, 0.29) is 23.9 Å². The fraction of sp³-hybridized carbons (Fsp3) is 0.391. The van der Waals surface area contributed by atoms with Crippen molar-refractivity contribution in [1.82, 2.24) is 9.80 Å². The van der Waals surface area contributed by atoms with Crippen molar-refractivity contribution < 1.29 is 18.4 Å². The van der Waals surface area contributed by atoms with Crippen molar-refractivity contribution in [2.24, 2.45) is 0 Å². The van der Waals surface area contributed by atoms with E-state index in [1.165, 1.54) is 6.07 Å². The maximum absolute atomic E-state index is 13.2. The van der Waals surface area contributed by atoms with Crippen molar-refractivity contribution in [2.75, 3.05) is 49.9 Å². The largest absolute Gasteiger partial charge is 0.326 e. The number of rotatable bonds is 8. The third-order valence-corrected chi connectivity index (χ3v) is 5.36. The van der Waals surface area contributed by atoms with Crippen LogP contribution in [0.3, 0.4) is 0 Å². The van der Waals surface area contributed by atoms with Gasteiger partial charge in [-0.25, -0.2) is 8.78 Å². The fourth-order valence-corrected chi connectivity index (χ4v) is 3.57. The number of benzene rings is 2. The predicted octanol–water partition coefficient (Wildman–Crippen LogP) is 3.11. The van der Waals surface area contributed by atoms with Crippen molar-refractivity contribution >= 4 is 23.2 Å². The molecular formula is C23H28F2N4O2. The number of piperazine rings is 1. The van der Waals surface area contributed by atoms with Gasteiger partial charge < -0.3 is 15.5 Å². The molecule has 166 valence electrons. The van der Waals surface area contributed by atoms with Crippen LogP contribution in [0, 0.1) is 11.6 Å². The molecule has 0 spiro atoms. The Hall–Kier alpha value is -2.84. The van der Waals surface area contributed by atoms with Crippen LogP contribution in [-0.2, 0) is 16.0 Å². The molecule has 0 aliphatic carbocycles. The molecule has 2 N–H and O–H groups in total. The molecule has 2 aromatic carbocycles. The molecule has 0 saturated carbocycles. The Bertz CT molecular complexity index is 914. The lowest BCUT2D eigenvalue weighted by atomic mass is 10.1. The minimum atomic E-state index is -0.990. The van der Waals surface area contributed by atoms with Crippen LogP contribution in [0.2, 0.25) is 0 Å². The summed E-state index contributed by atoms with van der Waals surface area (Å²) in [6, 6.07) is 11.1. The number of amides is 2. The number of nitrogens with one attached hydrogen (secondary N) is 2. The minimum Gasteiger partial charge on any atom is -0.326 e. The molecule has 2 aromatic rings. The van der Waals surface area contributed by atoms with Gasteiger partial charge in [-0.15, -0.1) is 0 Å². The molecule has 8 heteroatoms. The van der Waals surface area contributed by atoms with Gasteiger partial charge in [0.2, 0.25) is 11.8 Å². The van der Waals surface area contributed by atoms with Crippen molar-refractivity contribution in [3.05, 3.63) is 59.7 Å². The number of carbonyl (C=O) groups is 2. The summed E-state index contributed by atoms with van der Waals surface area (Å²) in [6.07, 6.45) is 1.12. The highest BCUT2D eigenvalue weighted by atomic mass is 19.2. The normalized spacial score (nSPS) is 14.9. The Labute approximate surface area is 181 Å². The van der Waals surface area contributed by atoms with Crippen molar-refractivity contribution in [3.63, 3.8) is 0 Å². The van der Waals surface area contributed by atoms with Crippen molar-refractivity contribution in [3.8, 4) is 0 Å². The first-order chi connectivity index (χ1) is 14.9. The van der Waals surface area contributed by atoms with Gasteiger partial charge in [0.25, 0.3) is 0 Å². The molecule has 6 nitrogen and oxygen atoms in total. The molecule has 1 fully saturated rings. The zero-order chi connectivity index (χ0) is 22.2. The summed E-state index contributed by atoms with van der Waals surface area (Å²) in [5.74, 6) is -2.21. The average Bonchev–Trinajstić information content (AvgIpc) is 2.76. The molecule has 0 atom stereocenters. The molecule has 1 aliphatic rings. The predicted molar refractivity (Wildman–Crippen MR) is 117 cm³/mol. The molecule has 31 heavy (non-hydrogen) atoms. The molecule has 0 aromatic heterocycles. The van der Waals surface area contributed by atoms with Gasteiger partial charge in [-0.05, 0) is 30.2 Å². The Kier molecular flexibility index (Phi) is 8.08. The summed E-state index contributed by atoms with van der Waals surface area (Å²) in [4.78, 5) is 28.7. The number of aryl methyl sites for hydroxylation is 1. The van der Waals surface area contributed by atoms with Crippen LogP contribution in [-0.4, -0.2) is 60.9 Å². The summed E-state index contributed by atoms with van der Waals surface area (Å²) in [5.41, 5.74) is 2.22. The van der Waals surface area contributed by atoms with Crippen LogP contribution in [0.5, 0.6) is 0 Å². The van der Waals surface area contributed by atoms with Gasteiger partial charge >= 0.3 is 0 Å². The maximum Gasteiger partial charge on any atom is 0.238 e. The van der Waals surface area contributed by atoms with E-state index >= 15 is 0 Å². The SMILES string of the molecule is CCc1ccccc1NC(=O)CN1CCN(CCC(=O)Nc2ccc(F)c(F)c2)CC1. The van der Waals surface area contributed by atoms with E-state index in [9.17, 15) is 18.4 Å². The van der Waals surface area contributed by atoms with Crippen LogP contribution in [0.25, 0.3) is 0 Å². The monoisotopic (exact) mass is 430 g/mol. The van der Waals surface area contributed by atoms with Gasteiger partial charge in [-0.2, -0.15) is 0 Å². The number of anilines is 2. The first-order valence-electron chi connectivity index (χ1n) is 10.5. The second kappa shape index (κ2) is 11.0. The van der Waals surface area contributed by atoms with Crippen molar-refractivity contribution in [2.45, 2.75) is 19.8 Å². The standard InChI is InChI=1S/C23H28F2N4O2/c1-2-17-5-3-4-6-21(17)27-23(31)16-29-13-11-28(12-14-29)10-9-22(30)26-18-7-8-19(24)20(25)15-18/h3-8,15H,2,9-14,16H2,1H3,(H,26,30)(H,27,31). The van der Waals surface area contributed by atoms with E-state index in [4.69, 9.17) is 0 Å². The van der Waals surface area contributed by atoms with Gasteiger partial charge in [-0.3, -0.25) is 14.5 Å². The highest BCUT2D eigenvalue weighted by molar-refractivity contribution is 5.93. The zero-order valence-corrected chi connectivity index (χ0v) is 17.7. The lowest BCUT2D eigenvalue weighted by Crippen LogP contribution is -2.49. The molecule has 1 heterocycles. The number of halogens is 2. The number of hydrogen-bond acceptors (Lipinski definition) is 4. The van der Waals surface area contributed by atoms with Crippen LogP contribution in [0.15, 0.2) is 42.5 Å². The average molecular weight is 430 g/mol. The molecule has 1 saturated heterocycles. The Morgan fingerprint density at radius 3 is 2.32 bits per heavy atom. The van der Waals surface area contributed by atoms with E-state index in [1.54, 1.807) is 0 Å². The van der Waals surface area contributed by atoms with Crippen LogP contribution < -0.4 is 10.6 Å². The first-order valence-corrected chi connectivity index (χ1v) is 10.5. The highest BCUT2D eigenvalue weighted by Crippen LogP contribution is 2.16. The number of carbonyl (C=O) groups excluding carboxylic acids is 2. The third kappa shape index (κ3) is 6.83. The number of para-hydroxylation sites is 1. The first kappa shape index (κ1) is 22.8. The second-order valence-corrected chi connectivity index (χ2v) is 7.60. The minimum absolute atomic E-state index is 0.0275. The van der Waals surface area contributed by atoms with Gasteiger partial charge in [0.15, 0.2) is 11.6 Å². The van der Waals surface area contributed by atoms with Crippen LogP contribution >= 0.6 is 0 Å². The van der Waals surface area contributed by atoms with Crippen molar-refractivity contribution in [1.29, 1.82) is 0 Å². The summed E-state index contributed by atoms with van der Waals surface area (Å²) in [7, 11) is 0. The van der Waals surface area contributed by atoms with Crippen LogP contribution in [0.4, 0.5) is 20.2 Å².